The second-order valence-electron chi connectivity index (χ2n) is 6.58. The van der Waals surface area contributed by atoms with E-state index in [1.807, 2.05) is 54.6 Å². The fraction of sp³-hybridized carbons (Fsp3) is 0.167. The third kappa shape index (κ3) is 6.21. The zero-order valence-corrected chi connectivity index (χ0v) is 16.4. The monoisotopic (exact) mass is 388 g/mol. The van der Waals surface area contributed by atoms with Crippen LogP contribution in [0.15, 0.2) is 78.9 Å². The Labute approximate surface area is 170 Å². The zero-order chi connectivity index (χ0) is 20.5. The van der Waals surface area contributed by atoms with Gasteiger partial charge in [-0.1, -0.05) is 55.5 Å². The number of ether oxygens (including phenoxy) is 1. The number of hydrogen-bond donors (Lipinski definition) is 2. The number of amides is 2. The lowest BCUT2D eigenvalue weighted by Crippen LogP contribution is -2.23. The second kappa shape index (κ2) is 10.1. The van der Waals surface area contributed by atoms with Gasteiger partial charge in [0, 0.05) is 17.8 Å². The number of carbonyl (C=O) groups excluding carboxylic acids is 2. The van der Waals surface area contributed by atoms with Crippen molar-refractivity contribution < 1.29 is 14.3 Å². The van der Waals surface area contributed by atoms with E-state index in [9.17, 15) is 9.59 Å². The largest absolute Gasteiger partial charge is 0.484 e. The number of hydrogen-bond acceptors (Lipinski definition) is 3. The van der Waals surface area contributed by atoms with Gasteiger partial charge in [0.1, 0.15) is 5.75 Å². The molecule has 0 saturated heterocycles. The number of benzene rings is 3. The van der Waals surface area contributed by atoms with Crippen LogP contribution in [0.1, 0.15) is 28.4 Å². The van der Waals surface area contributed by atoms with Crippen LogP contribution < -0.4 is 15.4 Å². The molecule has 5 heteroatoms. The van der Waals surface area contributed by atoms with Gasteiger partial charge in [-0.15, -0.1) is 0 Å². The van der Waals surface area contributed by atoms with E-state index in [0.717, 1.165) is 12.0 Å². The Bertz CT molecular complexity index is 953. The molecule has 0 unspecified atom stereocenters. The predicted octanol–water partition coefficient (Wildman–Crippen LogP) is 4.20. The molecule has 0 radical (unpaired) electrons. The molecule has 148 valence electrons. The van der Waals surface area contributed by atoms with Gasteiger partial charge in [-0.05, 0) is 47.9 Å². The third-order valence-electron chi connectivity index (χ3n) is 4.41. The van der Waals surface area contributed by atoms with Crippen molar-refractivity contribution in [1.29, 1.82) is 0 Å². The average molecular weight is 388 g/mol. The van der Waals surface area contributed by atoms with Crippen LogP contribution in [0.2, 0.25) is 0 Å². The molecule has 0 atom stereocenters. The highest BCUT2D eigenvalue weighted by Crippen LogP contribution is 2.14. The summed E-state index contributed by atoms with van der Waals surface area (Å²) in [6.45, 7) is 2.43. The smallest absolute Gasteiger partial charge is 0.262 e. The Balaban J connectivity index is 1.51. The van der Waals surface area contributed by atoms with E-state index >= 15 is 0 Å². The Hall–Kier alpha value is -3.60. The molecule has 0 saturated carbocycles. The maximum atomic E-state index is 12.4. The lowest BCUT2D eigenvalue weighted by molar-refractivity contribution is -0.118. The van der Waals surface area contributed by atoms with E-state index < -0.39 is 0 Å². The number of carbonyl (C=O) groups is 2. The van der Waals surface area contributed by atoms with Crippen LogP contribution in [-0.2, 0) is 17.8 Å². The molecule has 2 amide bonds. The van der Waals surface area contributed by atoms with Crippen LogP contribution in [-0.4, -0.2) is 18.4 Å². The van der Waals surface area contributed by atoms with Crippen LogP contribution in [0, 0.1) is 0 Å². The summed E-state index contributed by atoms with van der Waals surface area (Å²) in [5.74, 6) is 0.162. The van der Waals surface area contributed by atoms with Gasteiger partial charge in [0.05, 0.1) is 0 Å². The van der Waals surface area contributed by atoms with Crippen LogP contribution in [0.5, 0.6) is 5.75 Å². The quantitative estimate of drug-likeness (QED) is 0.608. The summed E-state index contributed by atoms with van der Waals surface area (Å²) < 4.78 is 5.51. The summed E-state index contributed by atoms with van der Waals surface area (Å²) in [6, 6.07) is 24.2. The minimum atomic E-state index is -0.286. The zero-order valence-electron chi connectivity index (χ0n) is 16.4. The Kier molecular flexibility index (Phi) is 7.00. The molecule has 2 N–H and O–H groups in total. The van der Waals surface area contributed by atoms with Gasteiger partial charge in [-0.3, -0.25) is 9.59 Å². The molecule has 0 aliphatic heterocycles. The fourth-order valence-electron chi connectivity index (χ4n) is 2.79. The molecule has 5 nitrogen and oxygen atoms in total. The lowest BCUT2D eigenvalue weighted by Gasteiger charge is -2.10. The van der Waals surface area contributed by atoms with E-state index in [4.69, 9.17) is 4.74 Å². The van der Waals surface area contributed by atoms with E-state index in [-0.39, 0.29) is 18.4 Å². The second-order valence-corrected chi connectivity index (χ2v) is 6.58. The summed E-state index contributed by atoms with van der Waals surface area (Å²) in [5.41, 5.74) is 3.26. The standard InChI is InChI=1S/C24H24N2O3/c1-2-18-11-13-22(14-12-18)29-17-23(27)26-21-10-6-9-20(15-21)24(28)25-16-19-7-4-3-5-8-19/h3-15H,2,16-17H2,1H3,(H,25,28)(H,26,27). The highest BCUT2D eigenvalue weighted by Gasteiger charge is 2.09. The van der Waals surface area contributed by atoms with E-state index in [2.05, 4.69) is 17.6 Å². The number of aryl methyl sites for hydroxylation is 1. The highest BCUT2D eigenvalue weighted by molar-refractivity contribution is 5.97. The minimum absolute atomic E-state index is 0.101. The summed E-state index contributed by atoms with van der Waals surface area (Å²) in [6.07, 6.45) is 0.954. The summed E-state index contributed by atoms with van der Waals surface area (Å²) in [7, 11) is 0. The third-order valence-corrected chi connectivity index (χ3v) is 4.41. The van der Waals surface area contributed by atoms with Crippen molar-refractivity contribution in [2.75, 3.05) is 11.9 Å². The first-order valence-corrected chi connectivity index (χ1v) is 9.58. The van der Waals surface area contributed by atoms with Crippen molar-refractivity contribution in [1.82, 2.24) is 5.32 Å². The first kappa shape index (κ1) is 20.1. The molecule has 0 aliphatic carbocycles. The molecule has 0 bridgehead atoms. The first-order chi connectivity index (χ1) is 14.1. The molecule has 3 aromatic rings. The highest BCUT2D eigenvalue weighted by atomic mass is 16.5. The van der Waals surface area contributed by atoms with Gasteiger partial charge in [0.2, 0.25) is 0 Å². The van der Waals surface area contributed by atoms with Crippen LogP contribution >= 0.6 is 0 Å². The van der Waals surface area contributed by atoms with Crippen molar-refractivity contribution in [3.63, 3.8) is 0 Å². The maximum absolute atomic E-state index is 12.4. The van der Waals surface area contributed by atoms with E-state index in [1.54, 1.807) is 24.3 Å². The summed E-state index contributed by atoms with van der Waals surface area (Å²) >= 11 is 0. The molecule has 3 rings (SSSR count). The molecule has 0 fully saturated rings. The first-order valence-electron chi connectivity index (χ1n) is 9.58. The Morgan fingerprint density at radius 3 is 2.34 bits per heavy atom. The van der Waals surface area contributed by atoms with Gasteiger partial charge < -0.3 is 15.4 Å². The molecule has 0 spiro atoms. The predicted molar refractivity (Wildman–Crippen MR) is 114 cm³/mol. The van der Waals surface area contributed by atoms with Gasteiger partial charge in [-0.2, -0.15) is 0 Å². The molecule has 3 aromatic carbocycles. The number of anilines is 1. The van der Waals surface area contributed by atoms with Gasteiger partial charge in [-0.25, -0.2) is 0 Å². The van der Waals surface area contributed by atoms with Crippen molar-refractivity contribution in [2.45, 2.75) is 19.9 Å². The molecule has 0 aromatic heterocycles. The van der Waals surface area contributed by atoms with Crippen molar-refractivity contribution >= 4 is 17.5 Å². The molecule has 0 aliphatic rings. The summed E-state index contributed by atoms with van der Waals surface area (Å²) in [5, 5.41) is 5.64. The topological polar surface area (TPSA) is 67.4 Å². The maximum Gasteiger partial charge on any atom is 0.262 e. The lowest BCUT2D eigenvalue weighted by atomic mass is 10.1. The molecule has 0 heterocycles. The van der Waals surface area contributed by atoms with Crippen LogP contribution in [0.3, 0.4) is 0 Å². The van der Waals surface area contributed by atoms with E-state index in [0.29, 0.717) is 23.5 Å². The average Bonchev–Trinajstić information content (AvgIpc) is 2.77. The molecule has 29 heavy (non-hydrogen) atoms. The fourth-order valence-corrected chi connectivity index (χ4v) is 2.79. The van der Waals surface area contributed by atoms with Crippen molar-refractivity contribution in [2.24, 2.45) is 0 Å². The normalized spacial score (nSPS) is 10.2. The number of nitrogens with one attached hydrogen (secondary N) is 2. The summed E-state index contributed by atoms with van der Waals surface area (Å²) in [4.78, 5) is 24.5. The van der Waals surface area contributed by atoms with E-state index in [1.165, 1.54) is 5.56 Å². The van der Waals surface area contributed by atoms with Gasteiger partial charge in [0.15, 0.2) is 6.61 Å². The Morgan fingerprint density at radius 2 is 1.62 bits per heavy atom. The van der Waals surface area contributed by atoms with Crippen molar-refractivity contribution in [3.8, 4) is 5.75 Å². The van der Waals surface area contributed by atoms with Gasteiger partial charge >= 0.3 is 0 Å². The SMILES string of the molecule is CCc1ccc(OCC(=O)Nc2cccc(C(=O)NCc3ccccc3)c2)cc1. The number of rotatable bonds is 8. The minimum Gasteiger partial charge on any atom is -0.484 e. The molecular weight excluding hydrogens is 364 g/mol. The van der Waals surface area contributed by atoms with Crippen LogP contribution in [0.4, 0.5) is 5.69 Å². The molecular formula is C24H24N2O3. The van der Waals surface area contributed by atoms with Crippen molar-refractivity contribution in [3.05, 3.63) is 95.6 Å². The van der Waals surface area contributed by atoms with Crippen LogP contribution in [0.25, 0.3) is 0 Å². The Morgan fingerprint density at radius 1 is 0.862 bits per heavy atom. The van der Waals surface area contributed by atoms with Gasteiger partial charge in [0.25, 0.3) is 11.8 Å².